The maximum Gasteiger partial charge on any atom is 0.269 e. The third-order valence-electron chi connectivity index (χ3n) is 1.91. The molecule has 0 aromatic rings. The Hall–Kier alpha value is -0.290. The lowest BCUT2D eigenvalue weighted by molar-refractivity contribution is -0.177. The Morgan fingerprint density at radius 2 is 2.17 bits per heavy atom. The van der Waals surface area contributed by atoms with Gasteiger partial charge >= 0.3 is 0 Å². The standard InChI is InChI=1S/C7H12F3NO/c1-7(4-8,6(9)10)12-5-2-11-3-5/h5-6,11H,2-4H2,1H3. The SMILES string of the molecule is CC(CF)(OC1CNC1)C(F)F. The first-order chi connectivity index (χ1) is 5.58. The second kappa shape index (κ2) is 3.62. The fourth-order valence-corrected chi connectivity index (χ4v) is 0.868. The molecule has 1 unspecified atom stereocenters. The molecule has 0 radical (unpaired) electrons. The van der Waals surface area contributed by atoms with Gasteiger partial charge in [-0.05, 0) is 6.92 Å². The van der Waals surface area contributed by atoms with Gasteiger partial charge in [-0.15, -0.1) is 0 Å². The second-order valence-corrected chi connectivity index (χ2v) is 3.15. The molecule has 72 valence electrons. The molecule has 0 saturated carbocycles. The molecular weight excluding hydrogens is 171 g/mol. The predicted molar refractivity (Wildman–Crippen MR) is 38.1 cm³/mol. The van der Waals surface area contributed by atoms with Gasteiger partial charge in [-0.2, -0.15) is 0 Å². The maximum absolute atomic E-state index is 12.2. The van der Waals surface area contributed by atoms with E-state index in [1.165, 1.54) is 0 Å². The van der Waals surface area contributed by atoms with Crippen molar-refractivity contribution in [3.05, 3.63) is 0 Å². The van der Waals surface area contributed by atoms with Crippen molar-refractivity contribution in [3.63, 3.8) is 0 Å². The Balaban J connectivity index is 2.41. The van der Waals surface area contributed by atoms with E-state index in [1.54, 1.807) is 0 Å². The van der Waals surface area contributed by atoms with Gasteiger partial charge in [0.05, 0.1) is 6.10 Å². The van der Waals surface area contributed by atoms with Crippen molar-refractivity contribution in [1.29, 1.82) is 0 Å². The van der Waals surface area contributed by atoms with E-state index in [2.05, 4.69) is 5.32 Å². The third kappa shape index (κ3) is 1.90. The summed E-state index contributed by atoms with van der Waals surface area (Å²) in [7, 11) is 0. The van der Waals surface area contributed by atoms with Gasteiger partial charge in [0.2, 0.25) is 0 Å². The molecule has 0 spiro atoms. The summed E-state index contributed by atoms with van der Waals surface area (Å²) in [6.07, 6.45) is -3.04. The zero-order valence-corrected chi connectivity index (χ0v) is 6.82. The highest BCUT2D eigenvalue weighted by molar-refractivity contribution is 4.84. The molecule has 0 aliphatic carbocycles. The quantitative estimate of drug-likeness (QED) is 0.701. The number of rotatable bonds is 4. The summed E-state index contributed by atoms with van der Waals surface area (Å²) in [5.74, 6) is 0. The number of nitrogens with one attached hydrogen (secondary N) is 1. The third-order valence-corrected chi connectivity index (χ3v) is 1.91. The Morgan fingerprint density at radius 1 is 1.58 bits per heavy atom. The summed E-state index contributed by atoms with van der Waals surface area (Å²) < 4.78 is 41.5. The molecule has 1 aliphatic heterocycles. The van der Waals surface area contributed by atoms with E-state index in [-0.39, 0.29) is 6.10 Å². The van der Waals surface area contributed by atoms with Crippen molar-refractivity contribution in [2.45, 2.75) is 25.1 Å². The van der Waals surface area contributed by atoms with Crippen LogP contribution in [0.1, 0.15) is 6.92 Å². The smallest absolute Gasteiger partial charge is 0.269 e. The summed E-state index contributed by atoms with van der Waals surface area (Å²) in [6.45, 7) is 1.00. The van der Waals surface area contributed by atoms with Crippen LogP contribution in [0.25, 0.3) is 0 Å². The monoisotopic (exact) mass is 183 g/mol. The maximum atomic E-state index is 12.2. The average Bonchev–Trinajstić information content (AvgIpc) is 1.96. The van der Waals surface area contributed by atoms with Gasteiger partial charge in [-0.1, -0.05) is 0 Å². The minimum Gasteiger partial charge on any atom is -0.361 e. The molecule has 1 heterocycles. The van der Waals surface area contributed by atoms with E-state index in [0.717, 1.165) is 6.92 Å². The molecule has 0 bridgehead atoms. The van der Waals surface area contributed by atoms with Gasteiger partial charge in [0.25, 0.3) is 6.43 Å². The molecule has 1 saturated heterocycles. The van der Waals surface area contributed by atoms with Crippen molar-refractivity contribution in [2.24, 2.45) is 0 Å². The van der Waals surface area contributed by atoms with E-state index in [0.29, 0.717) is 13.1 Å². The number of hydrogen-bond acceptors (Lipinski definition) is 2. The number of halogens is 3. The van der Waals surface area contributed by atoms with E-state index in [9.17, 15) is 13.2 Å². The molecule has 1 N–H and O–H groups in total. The first kappa shape index (κ1) is 9.80. The summed E-state index contributed by atoms with van der Waals surface area (Å²) in [6, 6.07) is 0. The van der Waals surface area contributed by atoms with E-state index >= 15 is 0 Å². The molecule has 1 atom stereocenters. The normalized spacial score (nSPS) is 23.8. The number of ether oxygens (including phenoxy) is 1. The highest BCUT2D eigenvalue weighted by Crippen LogP contribution is 2.23. The summed E-state index contributed by atoms with van der Waals surface area (Å²) in [5.41, 5.74) is -1.92. The predicted octanol–water partition coefficient (Wildman–Crippen LogP) is 0.968. The zero-order chi connectivity index (χ0) is 9.19. The van der Waals surface area contributed by atoms with Gasteiger partial charge in [-0.25, -0.2) is 13.2 Å². The minimum atomic E-state index is -2.77. The van der Waals surface area contributed by atoms with Crippen LogP contribution in [0.4, 0.5) is 13.2 Å². The molecule has 0 amide bonds. The molecule has 2 nitrogen and oxygen atoms in total. The Labute approximate surface area is 69.1 Å². The summed E-state index contributed by atoms with van der Waals surface area (Å²) >= 11 is 0. The topological polar surface area (TPSA) is 21.3 Å². The van der Waals surface area contributed by atoms with Crippen molar-refractivity contribution < 1.29 is 17.9 Å². The van der Waals surface area contributed by atoms with Crippen molar-refractivity contribution in [2.75, 3.05) is 19.8 Å². The molecule has 0 aromatic carbocycles. The first-order valence-electron chi connectivity index (χ1n) is 3.81. The van der Waals surface area contributed by atoms with Crippen LogP contribution in [0.15, 0.2) is 0 Å². The van der Waals surface area contributed by atoms with Crippen LogP contribution < -0.4 is 5.32 Å². The van der Waals surface area contributed by atoms with Gasteiger partial charge < -0.3 is 10.1 Å². The molecule has 1 aliphatic rings. The van der Waals surface area contributed by atoms with Gasteiger partial charge in [0, 0.05) is 13.1 Å². The van der Waals surface area contributed by atoms with Crippen molar-refractivity contribution >= 4 is 0 Å². The second-order valence-electron chi connectivity index (χ2n) is 3.15. The largest absolute Gasteiger partial charge is 0.361 e. The molecular formula is C7H12F3NO. The first-order valence-corrected chi connectivity index (χ1v) is 3.81. The lowest BCUT2D eigenvalue weighted by Crippen LogP contribution is -2.55. The Morgan fingerprint density at radius 3 is 2.42 bits per heavy atom. The number of alkyl halides is 3. The van der Waals surface area contributed by atoms with Crippen LogP contribution in [-0.2, 0) is 4.74 Å². The van der Waals surface area contributed by atoms with E-state index in [4.69, 9.17) is 4.74 Å². The summed E-state index contributed by atoms with van der Waals surface area (Å²) in [5, 5.41) is 2.85. The van der Waals surface area contributed by atoms with Crippen LogP contribution >= 0.6 is 0 Å². The van der Waals surface area contributed by atoms with Crippen LogP contribution in [-0.4, -0.2) is 37.9 Å². The molecule has 12 heavy (non-hydrogen) atoms. The van der Waals surface area contributed by atoms with E-state index in [1.807, 2.05) is 0 Å². The van der Waals surface area contributed by atoms with Crippen LogP contribution in [0.5, 0.6) is 0 Å². The average molecular weight is 183 g/mol. The zero-order valence-electron chi connectivity index (χ0n) is 6.82. The van der Waals surface area contributed by atoms with Crippen LogP contribution in [0, 0.1) is 0 Å². The lowest BCUT2D eigenvalue weighted by Gasteiger charge is -2.35. The molecule has 0 aromatic heterocycles. The number of hydrogen-bond donors (Lipinski definition) is 1. The van der Waals surface area contributed by atoms with Gasteiger partial charge in [0.15, 0.2) is 5.60 Å². The van der Waals surface area contributed by atoms with Crippen LogP contribution in [0.2, 0.25) is 0 Å². The van der Waals surface area contributed by atoms with Crippen LogP contribution in [0.3, 0.4) is 0 Å². The van der Waals surface area contributed by atoms with Gasteiger partial charge in [0.1, 0.15) is 6.67 Å². The fourth-order valence-electron chi connectivity index (χ4n) is 0.868. The molecule has 1 fully saturated rings. The van der Waals surface area contributed by atoms with Crippen molar-refractivity contribution in [1.82, 2.24) is 5.32 Å². The van der Waals surface area contributed by atoms with E-state index < -0.39 is 18.7 Å². The Kier molecular flexibility index (Phi) is 2.95. The van der Waals surface area contributed by atoms with Gasteiger partial charge in [-0.3, -0.25) is 0 Å². The van der Waals surface area contributed by atoms with Crippen molar-refractivity contribution in [3.8, 4) is 0 Å². The Bertz CT molecular complexity index is 152. The minimum absolute atomic E-state index is 0.264. The highest BCUT2D eigenvalue weighted by atomic mass is 19.3. The molecule has 5 heteroatoms. The fraction of sp³-hybridized carbons (Fsp3) is 1.00. The highest BCUT2D eigenvalue weighted by Gasteiger charge is 2.40. The molecule has 1 rings (SSSR count). The lowest BCUT2D eigenvalue weighted by atomic mass is 10.1. The summed E-state index contributed by atoms with van der Waals surface area (Å²) in [4.78, 5) is 0.